The average Bonchev–Trinajstić information content (AvgIpc) is 4.07. The number of anilines is 1. The first-order valence-electron chi connectivity index (χ1n) is 21.1. The van der Waals surface area contributed by atoms with Crippen LogP contribution in [0.25, 0.3) is 22.2 Å². The fourth-order valence-electron chi connectivity index (χ4n) is 7.74. The van der Waals surface area contributed by atoms with Crippen LogP contribution >= 0.6 is 19.4 Å². The number of phosphoric ester groups is 1. The quantitative estimate of drug-likeness (QED) is 0.0654. The lowest BCUT2D eigenvalue weighted by Crippen LogP contribution is -2.38. The van der Waals surface area contributed by atoms with Gasteiger partial charge >= 0.3 is 7.82 Å². The molecule has 1 saturated heterocycles. The average molecular weight is 947 g/mol. The number of hydrogen-bond acceptors (Lipinski definition) is 14. The number of H-pyrrole nitrogens is 1. The standard InChI is InChI=1S/C47H44ClN8O10P/c1-29(2)44(57)51-46-50-43-42(45(58)52-46)49-28-55(43)41-26-39(65-67(59,64-38-17-11-8-14-35(38)48)66-56-37-16-10-9-15-36(37)53-54-56)40(63-41)27-62-47(30-12-6-5-7-13-30,31-18-22-33(60-3)23-19-31)32-20-24-34(61-4)25-21-32/h5-25,28-29,39-41H,26-27H2,1-4H3,(H2,50,51,52,57,58)/t39-,40+,41+,67?/m0/s1. The molecule has 1 unspecified atom stereocenters. The minimum absolute atomic E-state index is 0.00213. The number of rotatable bonds is 17. The molecule has 9 rings (SSSR count). The van der Waals surface area contributed by atoms with Crippen molar-refractivity contribution < 1.29 is 42.0 Å². The Kier molecular flexibility index (Phi) is 12.8. The number of amides is 1. The SMILES string of the molecule is COc1ccc(C(OC[C@H]2O[C@@H](n3cnc4c(=O)[nH]c(NC(=O)C(C)C)nc43)C[C@@H]2OP(=O)(Oc2ccccc2Cl)On2nnc3ccccc32)(c2ccccc2)c2ccc(OC)cc2)cc1. The molecule has 0 radical (unpaired) electrons. The van der Waals surface area contributed by atoms with Gasteiger partial charge in [0.2, 0.25) is 11.9 Å². The molecular formula is C47H44ClN8O10P. The molecule has 4 atom stereocenters. The van der Waals surface area contributed by atoms with Crippen LogP contribution in [-0.2, 0) is 29.0 Å². The number of aromatic amines is 1. The van der Waals surface area contributed by atoms with Crippen molar-refractivity contribution in [1.29, 1.82) is 0 Å². The lowest BCUT2D eigenvalue weighted by molar-refractivity contribution is -0.118. The monoisotopic (exact) mass is 946 g/mol. The fourth-order valence-corrected chi connectivity index (χ4v) is 9.34. The molecule has 2 N–H and O–H groups in total. The van der Waals surface area contributed by atoms with Gasteiger partial charge in [0.05, 0.1) is 32.2 Å². The van der Waals surface area contributed by atoms with E-state index in [1.807, 2.05) is 78.9 Å². The van der Waals surface area contributed by atoms with Gasteiger partial charge in [-0.1, -0.05) is 109 Å². The number of methoxy groups -OCH3 is 2. The Morgan fingerprint density at radius 1 is 0.896 bits per heavy atom. The van der Waals surface area contributed by atoms with E-state index in [-0.39, 0.29) is 46.8 Å². The molecule has 4 heterocycles. The molecule has 1 aliphatic rings. The summed E-state index contributed by atoms with van der Waals surface area (Å²) >= 11 is 6.56. The van der Waals surface area contributed by atoms with Crippen molar-refractivity contribution in [3.63, 3.8) is 0 Å². The molecule has 67 heavy (non-hydrogen) atoms. The predicted octanol–water partition coefficient (Wildman–Crippen LogP) is 8.13. The summed E-state index contributed by atoms with van der Waals surface area (Å²) < 4.78 is 60.8. The number of ether oxygens (including phenoxy) is 4. The summed E-state index contributed by atoms with van der Waals surface area (Å²) in [5.41, 5.74) is 1.27. The normalized spacial score (nSPS) is 17.1. The van der Waals surface area contributed by atoms with Gasteiger partial charge in [-0.05, 0) is 70.4 Å². The number of para-hydroxylation sites is 2. The molecule has 20 heteroatoms. The van der Waals surface area contributed by atoms with Crippen molar-refractivity contribution in [3.8, 4) is 17.2 Å². The Hall–Kier alpha value is -7.08. The number of aromatic nitrogens is 7. The smallest absolute Gasteiger partial charge is 0.497 e. The van der Waals surface area contributed by atoms with Gasteiger partial charge in [-0.25, -0.2) is 9.55 Å². The van der Waals surface area contributed by atoms with Crippen LogP contribution in [0.3, 0.4) is 0 Å². The largest absolute Gasteiger partial charge is 0.608 e. The molecule has 3 aromatic heterocycles. The van der Waals surface area contributed by atoms with Crippen molar-refractivity contribution in [1.82, 2.24) is 34.7 Å². The van der Waals surface area contributed by atoms with Gasteiger partial charge < -0.3 is 23.5 Å². The highest BCUT2D eigenvalue weighted by Crippen LogP contribution is 2.52. The second kappa shape index (κ2) is 19.0. The number of hydrogen-bond donors (Lipinski definition) is 2. The number of nitrogens with one attached hydrogen (secondary N) is 2. The molecular weight excluding hydrogens is 903 g/mol. The molecule has 0 bridgehead atoms. The minimum atomic E-state index is -4.83. The number of phosphoric acid groups is 1. The Labute approximate surface area is 388 Å². The molecule has 1 amide bonds. The predicted molar refractivity (Wildman–Crippen MR) is 247 cm³/mol. The van der Waals surface area contributed by atoms with E-state index in [9.17, 15) is 9.59 Å². The van der Waals surface area contributed by atoms with Crippen LogP contribution in [0.1, 0.15) is 43.2 Å². The molecule has 1 aliphatic heterocycles. The maximum Gasteiger partial charge on any atom is 0.608 e. The van der Waals surface area contributed by atoms with Gasteiger partial charge in [0.15, 0.2) is 16.9 Å². The van der Waals surface area contributed by atoms with E-state index in [0.717, 1.165) is 21.5 Å². The first-order valence-corrected chi connectivity index (χ1v) is 23.0. The number of carbonyl (C=O) groups excluding carboxylic acids is 1. The number of benzene rings is 5. The van der Waals surface area contributed by atoms with Crippen LogP contribution in [0.4, 0.5) is 5.95 Å². The van der Waals surface area contributed by atoms with E-state index in [0.29, 0.717) is 22.5 Å². The number of carbonyl (C=O) groups is 1. The summed E-state index contributed by atoms with van der Waals surface area (Å²) in [5, 5.41) is 11.0. The highest BCUT2D eigenvalue weighted by molar-refractivity contribution is 7.49. The highest BCUT2D eigenvalue weighted by atomic mass is 35.5. The first-order chi connectivity index (χ1) is 32.5. The lowest BCUT2D eigenvalue weighted by atomic mass is 9.80. The van der Waals surface area contributed by atoms with E-state index < -0.39 is 43.3 Å². The van der Waals surface area contributed by atoms with E-state index in [4.69, 9.17) is 44.2 Å². The van der Waals surface area contributed by atoms with Gasteiger partial charge in [-0.2, -0.15) is 4.98 Å². The van der Waals surface area contributed by atoms with Gasteiger partial charge in [0, 0.05) is 12.3 Å². The van der Waals surface area contributed by atoms with E-state index in [1.54, 1.807) is 70.5 Å². The Morgan fingerprint density at radius 3 is 2.21 bits per heavy atom. The molecule has 344 valence electrons. The third-order valence-corrected chi connectivity index (χ3v) is 12.8. The van der Waals surface area contributed by atoms with Crippen LogP contribution in [0.15, 0.2) is 139 Å². The van der Waals surface area contributed by atoms with Crippen molar-refractivity contribution in [2.45, 2.75) is 44.3 Å². The molecule has 5 aromatic carbocycles. The van der Waals surface area contributed by atoms with E-state index in [1.165, 1.54) is 17.0 Å². The maximum atomic E-state index is 15.3. The number of halogens is 1. The summed E-state index contributed by atoms with van der Waals surface area (Å²) in [6.07, 6.45) is -1.81. The first kappa shape index (κ1) is 45.1. The highest BCUT2D eigenvalue weighted by Gasteiger charge is 2.48. The van der Waals surface area contributed by atoms with Crippen molar-refractivity contribution in [3.05, 3.63) is 166 Å². The van der Waals surface area contributed by atoms with E-state index >= 15 is 4.57 Å². The summed E-state index contributed by atoms with van der Waals surface area (Å²) in [4.78, 5) is 38.5. The summed E-state index contributed by atoms with van der Waals surface area (Å²) in [6.45, 7) is 3.22. The van der Waals surface area contributed by atoms with Crippen molar-refractivity contribution in [2.75, 3.05) is 26.1 Å². The molecule has 1 fully saturated rings. The summed E-state index contributed by atoms with van der Waals surface area (Å²) in [6, 6.07) is 38.0. The zero-order valence-electron chi connectivity index (χ0n) is 36.5. The third-order valence-electron chi connectivity index (χ3n) is 11.1. The minimum Gasteiger partial charge on any atom is -0.497 e. The van der Waals surface area contributed by atoms with Crippen LogP contribution in [0, 0.1) is 5.92 Å². The number of fused-ring (bicyclic) bond motifs is 2. The molecule has 8 aromatic rings. The third kappa shape index (κ3) is 9.22. The van der Waals surface area contributed by atoms with Gasteiger partial charge in [-0.15, -0.1) is 5.10 Å². The van der Waals surface area contributed by atoms with E-state index in [2.05, 4.69) is 30.6 Å². The second-order valence-electron chi connectivity index (χ2n) is 15.7. The van der Waals surface area contributed by atoms with Crippen molar-refractivity contribution >= 4 is 53.5 Å². The Morgan fingerprint density at radius 2 is 1.54 bits per heavy atom. The second-order valence-corrected chi connectivity index (χ2v) is 17.6. The molecule has 0 aliphatic carbocycles. The number of imidazole rings is 1. The van der Waals surface area contributed by atoms with Crippen molar-refractivity contribution in [2.24, 2.45) is 5.92 Å². The Bertz CT molecular complexity index is 3080. The maximum absolute atomic E-state index is 15.3. The molecule has 0 saturated carbocycles. The lowest BCUT2D eigenvalue weighted by Gasteiger charge is -2.37. The summed E-state index contributed by atoms with van der Waals surface area (Å²) in [5.74, 6) is 0.433. The number of nitrogens with zero attached hydrogens (tertiary/aromatic N) is 6. The van der Waals surface area contributed by atoms with Gasteiger partial charge in [0.1, 0.15) is 46.6 Å². The molecule has 0 spiro atoms. The van der Waals surface area contributed by atoms with Crippen LogP contribution < -0.4 is 29.5 Å². The fraction of sp³-hybridized carbons (Fsp3) is 0.234. The van der Waals surface area contributed by atoms with Gasteiger partial charge in [0.25, 0.3) is 5.56 Å². The zero-order valence-corrected chi connectivity index (χ0v) is 38.2. The van der Waals surface area contributed by atoms with Crippen LogP contribution in [0.2, 0.25) is 5.02 Å². The topological polar surface area (TPSA) is 205 Å². The summed E-state index contributed by atoms with van der Waals surface area (Å²) in [7, 11) is -1.64. The van der Waals surface area contributed by atoms with Crippen LogP contribution in [-0.4, -0.2) is 73.6 Å². The van der Waals surface area contributed by atoms with Crippen LogP contribution in [0.5, 0.6) is 17.2 Å². The Balaban J connectivity index is 1.15. The van der Waals surface area contributed by atoms with Gasteiger partial charge in [-0.3, -0.25) is 33.6 Å². The molecule has 18 nitrogen and oxygen atoms in total. The zero-order chi connectivity index (χ0) is 46.7.